The Morgan fingerprint density at radius 3 is 1.74 bits per heavy atom. The molecule has 0 aromatic heterocycles. The molecule has 0 aromatic rings. The molecule has 0 saturated heterocycles. The van der Waals surface area contributed by atoms with Gasteiger partial charge in [-0.15, -0.1) is 0 Å². The number of esters is 1. The van der Waals surface area contributed by atoms with Crippen LogP contribution in [0.2, 0.25) is 0 Å². The van der Waals surface area contributed by atoms with E-state index in [1.807, 2.05) is 0 Å². The minimum absolute atomic E-state index is 0.0611. The lowest BCUT2D eigenvalue weighted by Gasteiger charge is -2.15. The summed E-state index contributed by atoms with van der Waals surface area (Å²) in [6.07, 6.45) is 41.5. The third kappa shape index (κ3) is 37.0. The molecule has 0 spiro atoms. The van der Waals surface area contributed by atoms with Crippen molar-refractivity contribution in [1.29, 1.82) is 0 Å². The van der Waals surface area contributed by atoms with E-state index >= 15 is 0 Å². The van der Waals surface area contributed by atoms with Crippen LogP contribution in [0, 0.1) is 0 Å². The van der Waals surface area contributed by atoms with Gasteiger partial charge in [-0.05, 0) is 77.0 Å². The quantitative estimate of drug-likeness (QED) is 0.0255. The average Bonchev–Trinajstić information content (AvgIpc) is 3.10. The maximum absolute atomic E-state index is 12.0. The third-order valence-electron chi connectivity index (χ3n) is 7.68. The minimum Gasteiger partial charge on any atom is -0.463 e. The van der Waals surface area contributed by atoms with Crippen molar-refractivity contribution in [2.24, 2.45) is 0 Å². The van der Waals surface area contributed by atoms with Crippen molar-refractivity contribution in [2.45, 2.75) is 155 Å². The molecule has 0 aliphatic carbocycles. The highest BCUT2D eigenvalue weighted by Gasteiger charge is 2.23. The van der Waals surface area contributed by atoms with E-state index in [4.69, 9.17) is 13.8 Å². The summed E-state index contributed by atoms with van der Waals surface area (Å²) >= 11 is 0. The number of phosphoric ester groups is 1. The van der Waals surface area contributed by atoms with E-state index in [2.05, 4.69) is 79.9 Å². The van der Waals surface area contributed by atoms with Crippen LogP contribution in [-0.2, 0) is 27.9 Å². The Hall–Kier alpha value is -2.29. The monoisotopic (exact) mass is 723 g/mol. The van der Waals surface area contributed by atoms with Crippen LogP contribution in [0.1, 0.15) is 149 Å². The zero-order chi connectivity index (χ0) is 36.8. The zero-order valence-corrected chi connectivity index (χ0v) is 32.2. The van der Waals surface area contributed by atoms with Crippen molar-refractivity contribution in [3.8, 4) is 0 Å². The van der Waals surface area contributed by atoms with Crippen molar-refractivity contribution >= 4 is 19.7 Å². The van der Waals surface area contributed by atoms with E-state index in [1.165, 1.54) is 32.1 Å². The van der Waals surface area contributed by atoms with Crippen LogP contribution in [0.3, 0.4) is 0 Å². The molecule has 0 aromatic carbocycles. The molecule has 0 fully saturated rings. The van der Waals surface area contributed by atoms with Crippen molar-refractivity contribution in [3.05, 3.63) is 60.8 Å². The van der Waals surface area contributed by atoms with Crippen LogP contribution in [0.15, 0.2) is 60.8 Å². The maximum atomic E-state index is 12.0. The molecular formula is C40H70NO8P. The lowest BCUT2D eigenvalue weighted by Crippen LogP contribution is -2.27. The summed E-state index contributed by atoms with van der Waals surface area (Å²) in [5.41, 5.74) is 0. The number of ether oxygens (including phenoxy) is 1. The first-order valence-corrected chi connectivity index (χ1v) is 20.8. The number of carbonyl (C=O) groups is 2. The first-order chi connectivity index (χ1) is 24.3. The SMILES string of the molecule is CC/C=C\C/C=C\C/C=C\CCCCCC(=O)NCCOP(=O)(O)OCC(O)COC(=O)CCCCCCC/C=C\C/C=C\CCCCCC. The molecule has 0 bridgehead atoms. The molecule has 50 heavy (non-hydrogen) atoms. The van der Waals surface area contributed by atoms with Gasteiger partial charge in [0.25, 0.3) is 0 Å². The van der Waals surface area contributed by atoms with Gasteiger partial charge in [0.2, 0.25) is 5.91 Å². The van der Waals surface area contributed by atoms with Crippen molar-refractivity contribution in [3.63, 3.8) is 0 Å². The Morgan fingerprint density at radius 2 is 1.14 bits per heavy atom. The number of nitrogens with one attached hydrogen (secondary N) is 1. The van der Waals surface area contributed by atoms with Gasteiger partial charge in [0, 0.05) is 19.4 Å². The second-order valence-corrected chi connectivity index (χ2v) is 14.0. The Labute approximate surface area is 304 Å². The number of carbonyl (C=O) groups excluding carboxylic acids is 2. The largest absolute Gasteiger partial charge is 0.472 e. The molecule has 3 N–H and O–H groups in total. The number of hydrogen-bond acceptors (Lipinski definition) is 7. The molecular weight excluding hydrogens is 653 g/mol. The fraction of sp³-hybridized carbons (Fsp3) is 0.700. The summed E-state index contributed by atoms with van der Waals surface area (Å²) in [7, 11) is -4.42. The normalized spacial score (nSPS) is 14.1. The van der Waals surface area contributed by atoms with Crippen molar-refractivity contribution < 1.29 is 37.9 Å². The standard InChI is InChI=1S/C40H70NO8P/c1-3-5-7-9-11-13-15-17-18-19-21-23-25-27-29-31-33-40(44)47-36-38(42)37-49-50(45,46)48-35-34-41-39(43)32-30-28-26-24-22-20-16-14-12-10-8-6-4-2/h6,8,12-15,18-20,22,38,42H,3-5,7,9-11,16-17,21,23-37H2,1-2H3,(H,41,43)(H,45,46)/b8-6-,14-12-,15-13-,19-18-,22-20-. The van der Waals surface area contributed by atoms with E-state index in [0.717, 1.165) is 83.5 Å². The predicted molar refractivity (Wildman–Crippen MR) is 206 cm³/mol. The van der Waals surface area contributed by atoms with Crippen LogP contribution in [-0.4, -0.2) is 54.3 Å². The molecule has 288 valence electrons. The number of amides is 1. The average molecular weight is 724 g/mol. The fourth-order valence-corrected chi connectivity index (χ4v) is 5.53. The Morgan fingerprint density at radius 1 is 0.640 bits per heavy atom. The molecule has 2 atom stereocenters. The van der Waals surface area contributed by atoms with Crippen LogP contribution in [0.25, 0.3) is 0 Å². The van der Waals surface area contributed by atoms with Crippen LogP contribution in [0.5, 0.6) is 0 Å². The summed E-state index contributed by atoms with van der Waals surface area (Å²) in [6, 6.07) is 0. The molecule has 9 nitrogen and oxygen atoms in total. The third-order valence-corrected chi connectivity index (χ3v) is 8.67. The first kappa shape index (κ1) is 47.7. The van der Waals surface area contributed by atoms with E-state index in [1.54, 1.807) is 0 Å². The van der Waals surface area contributed by atoms with Gasteiger partial charge in [-0.1, -0.05) is 120 Å². The van der Waals surface area contributed by atoms with Gasteiger partial charge in [-0.25, -0.2) is 4.57 Å². The number of unbranched alkanes of at least 4 members (excludes halogenated alkanes) is 12. The molecule has 0 aliphatic heterocycles. The molecule has 1 amide bonds. The van der Waals surface area contributed by atoms with E-state index in [-0.39, 0.29) is 32.1 Å². The number of hydrogen-bond donors (Lipinski definition) is 3. The first-order valence-electron chi connectivity index (χ1n) is 19.3. The summed E-state index contributed by atoms with van der Waals surface area (Å²) in [5, 5.41) is 12.6. The highest BCUT2D eigenvalue weighted by molar-refractivity contribution is 7.47. The van der Waals surface area contributed by atoms with Crippen molar-refractivity contribution in [1.82, 2.24) is 5.32 Å². The molecule has 0 saturated carbocycles. The van der Waals surface area contributed by atoms with Gasteiger partial charge in [0.15, 0.2) is 0 Å². The number of phosphoric acid groups is 1. The van der Waals surface area contributed by atoms with Gasteiger partial charge < -0.3 is 20.1 Å². The highest BCUT2D eigenvalue weighted by Crippen LogP contribution is 2.42. The van der Waals surface area contributed by atoms with Crippen LogP contribution >= 0.6 is 7.82 Å². The summed E-state index contributed by atoms with van der Waals surface area (Å²) in [4.78, 5) is 33.8. The fourth-order valence-electron chi connectivity index (χ4n) is 4.78. The Balaban J connectivity index is 3.70. The minimum atomic E-state index is -4.42. The predicted octanol–water partition coefficient (Wildman–Crippen LogP) is 10.2. The number of rotatable bonds is 35. The number of aliphatic hydroxyl groups excluding tert-OH is 1. The molecule has 0 radical (unpaired) electrons. The van der Waals surface area contributed by atoms with Crippen LogP contribution < -0.4 is 5.32 Å². The van der Waals surface area contributed by atoms with E-state index in [0.29, 0.717) is 12.8 Å². The Kier molecular flexibility index (Phi) is 34.8. The van der Waals surface area contributed by atoms with Gasteiger partial charge in [0.05, 0.1) is 13.2 Å². The zero-order valence-electron chi connectivity index (χ0n) is 31.3. The van der Waals surface area contributed by atoms with Crippen molar-refractivity contribution in [2.75, 3.05) is 26.4 Å². The molecule has 0 heterocycles. The lowest BCUT2D eigenvalue weighted by atomic mass is 10.1. The maximum Gasteiger partial charge on any atom is 0.472 e. The van der Waals surface area contributed by atoms with Crippen LogP contribution in [0.4, 0.5) is 0 Å². The molecule has 0 rings (SSSR count). The van der Waals surface area contributed by atoms with Gasteiger partial charge in [-0.2, -0.15) is 0 Å². The smallest absolute Gasteiger partial charge is 0.463 e. The second-order valence-electron chi connectivity index (χ2n) is 12.5. The summed E-state index contributed by atoms with van der Waals surface area (Å²) < 4.78 is 26.7. The topological polar surface area (TPSA) is 131 Å². The Bertz CT molecular complexity index is 1010. The molecule has 10 heteroatoms. The van der Waals surface area contributed by atoms with E-state index < -0.39 is 26.5 Å². The molecule has 0 aliphatic rings. The highest BCUT2D eigenvalue weighted by atomic mass is 31.2. The molecule has 2 unspecified atom stereocenters. The van der Waals surface area contributed by atoms with E-state index in [9.17, 15) is 24.2 Å². The lowest BCUT2D eigenvalue weighted by molar-refractivity contribution is -0.147. The second kappa shape index (κ2) is 36.5. The van der Waals surface area contributed by atoms with Gasteiger partial charge >= 0.3 is 13.8 Å². The number of allylic oxidation sites excluding steroid dienone is 10. The van der Waals surface area contributed by atoms with Gasteiger partial charge in [-0.3, -0.25) is 18.6 Å². The summed E-state index contributed by atoms with van der Waals surface area (Å²) in [6.45, 7) is 3.34. The number of aliphatic hydroxyl groups is 1. The van der Waals surface area contributed by atoms with Gasteiger partial charge in [0.1, 0.15) is 12.7 Å². The summed E-state index contributed by atoms with van der Waals surface area (Å²) in [5.74, 6) is -0.566.